The summed E-state index contributed by atoms with van der Waals surface area (Å²) in [6.45, 7) is 4.16. The number of aryl methyl sites for hydroxylation is 1. The molecule has 0 radical (unpaired) electrons. The van der Waals surface area contributed by atoms with E-state index in [9.17, 15) is 22.8 Å². The quantitative estimate of drug-likeness (QED) is 0.290. The van der Waals surface area contributed by atoms with E-state index < -0.39 is 17.6 Å². The molecule has 11 heteroatoms. The average Bonchev–Trinajstić information content (AvgIpc) is 3.55. The van der Waals surface area contributed by atoms with Crippen molar-refractivity contribution in [3.05, 3.63) is 76.9 Å². The number of amides is 2. The number of carbonyl (C=O) groups excluding carboxylic acids is 2. The Morgan fingerprint density at radius 2 is 1.90 bits per heavy atom. The molecule has 5 rings (SSSR count). The maximum Gasteiger partial charge on any atom is 0.416 e. The standard InChI is InChI=1S/C28H29F3N2O3.C3H5N3/c1-3-6-26(34)32-9-5-10-36-17-19-13-23-24(25(14-19)28(29,30)31)16-33(27(23)35)22-8-4-7-20(15-22)21-11-18(2)12-21;1-6-2-4-5-3-6/h4,7-8,13-15,18,21H,5,9-12,16-17H2,1-2H3,(H,32,34);2-3H,1H3. The van der Waals surface area contributed by atoms with Crippen molar-refractivity contribution in [1.29, 1.82) is 0 Å². The Morgan fingerprint density at radius 3 is 2.52 bits per heavy atom. The van der Waals surface area contributed by atoms with Crippen LogP contribution >= 0.6 is 0 Å². The number of carbonyl (C=O) groups is 2. The largest absolute Gasteiger partial charge is 0.416 e. The number of nitrogens with one attached hydrogen (secondary N) is 1. The molecule has 1 N–H and O–H groups in total. The van der Waals surface area contributed by atoms with Crippen molar-refractivity contribution < 1.29 is 27.5 Å². The van der Waals surface area contributed by atoms with Crippen LogP contribution < -0.4 is 10.2 Å². The predicted octanol–water partition coefficient (Wildman–Crippen LogP) is 5.24. The number of benzene rings is 2. The van der Waals surface area contributed by atoms with Crippen LogP contribution in [0, 0.1) is 17.8 Å². The van der Waals surface area contributed by atoms with E-state index in [0.29, 0.717) is 30.5 Å². The number of alkyl halides is 3. The predicted molar refractivity (Wildman–Crippen MR) is 151 cm³/mol. The van der Waals surface area contributed by atoms with Crippen LogP contribution in [0.3, 0.4) is 0 Å². The first-order valence-corrected chi connectivity index (χ1v) is 13.8. The summed E-state index contributed by atoms with van der Waals surface area (Å²) >= 11 is 0. The highest BCUT2D eigenvalue weighted by molar-refractivity contribution is 6.10. The summed E-state index contributed by atoms with van der Waals surface area (Å²) in [7, 11) is 1.88. The SMILES string of the molecule is CC#CC(=O)NCCCOCc1cc2c(c(C(F)(F)F)c1)CN(c1cccc(C3CC(C)C3)c1)C2=O.Cn1cnnc1. The van der Waals surface area contributed by atoms with Gasteiger partial charge < -0.3 is 19.5 Å². The second-order valence-corrected chi connectivity index (χ2v) is 10.6. The fourth-order valence-electron chi connectivity index (χ4n) is 5.11. The lowest BCUT2D eigenvalue weighted by atomic mass is 9.72. The maximum absolute atomic E-state index is 13.9. The third-order valence-corrected chi connectivity index (χ3v) is 7.23. The fourth-order valence-corrected chi connectivity index (χ4v) is 5.11. The van der Waals surface area contributed by atoms with E-state index in [1.165, 1.54) is 11.0 Å². The molecule has 2 amide bonds. The Kier molecular flexibility index (Phi) is 10.0. The van der Waals surface area contributed by atoms with Gasteiger partial charge in [-0.1, -0.05) is 25.0 Å². The van der Waals surface area contributed by atoms with E-state index in [1.807, 2.05) is 25.2 Å². The van der Waals surface area contributed by atoms with Crippen LogP contribution in [-0.4, -0.2) is 39.7 Å². The highest BCUT2D eigenvalue weighted by atomic mass is 19.4. The Labute approximate surface area is 243 Å². The van der Waals surface area contributed by atoms with E-state index in [2.05, 4.69) is 34.3 Å². The lowest BCUT2D eigenvalue weighted by Crippen LogP contribution is -2.24. The molecule has 42 heavy (non-hydrogen) atoms. The summed E-state index contributed by atoms with van der Waals surface area (Å²) in [5.74, 6) is 5.13. The number of ether oxygens (including phenoxy) is 1. The summed E-state index contributed by atoms with van der Waals surface area (Å²) in [6.07, 6.45) is 1.33. The fraction of sp³-hybridized carbons (Fsp3) is 0.419. The van der Waals surface area contributed by atoms with Gasteiger partial charge in [-0.25, -0.2) is 0 Å². The lowest BCUT2D eigenvalue weighted by Gasteiger charge is -2.33. The van der Waals surface area contributed by atoms with Gasteiger partial charge in [0.05, 0.1) is 18.7 Å². The van der Waals surface area contributed by atoms with Crippen LogP contribution in [0.4, 0.5) is 18.9 Å². The summed E-state index contributed by atoms with van der Waals surface area (Å²) in [5, 5.41) is 9.67. The molecule has 2 aliphatic rings. The molecule has 2 aromatic carbocycles. The number of hydrogen-bond donors (Lipinski definition) is 1. The topological polar surface area (TPSA) is 89.4 Å². The van der Waals surface area contributed by atoms with Gasteiger partial charge in [-0.05, 0) is 84.9 Å². The molecule has 0 bridgehead atoms. The molecule has 8 nitrogen and oxygen atoms in total. The van der Waals surface area contributed by atoms with Gasteiger partial charge >= 0.3 is 6.18 Å². The number of halogens is 3. The van der Waals surface area contributed by atoms with Crippen LogP contribution in [0.1, 0.15) is 71.6 Å². The van der Waals surface area contributed by atoms with E-state index >= 15 is 0 Å². The zero-order chi connectivity index (χ0) is 30.3. The molecule has 0 spiro atoms. The molecule has 1 fully saturated rings. The zero-order valence-corrected chi connectivity index (χ0v) is 23.9. The number of hydrogen-bond acceptors (Lipinski definition) is 5. The minimum atomic E-state index is -4.59. The highest BCUT2D eigenvalue weighted by Crippen LogP contribution is 2.43. The molecule has 1 aliphatic heterocycles. The van der Waals surface area contributed by atoms with Gasteiger partial charge in [0, 0.05) is 31.5 Å². The normalized spacial score (nSPS) is 17.4. The van der Waals surface area contributed by atoms with Crippen LogP contribution in [0.15, 0.2) is 49.1 Å². The summed E-state index contributed by atoms with van der Waals surface area (Å²) < 4.78 is 49.1. The monoisotopic (exact) mass is 581 g/mol. The zero-order valence-electron chi connectivity index (χ0n) is 23.9. The third kappa shape index (κ3) is 7.76. The van der Waals surface area contributed by atoms with Crippen LogP contribution in [0.25, 0.3) is 0 Å². The van der Waals surface area contributed by atoms with Crippen molar-refractivity contribution in [3.63, 3.8) is 0 Å². The molecule has 2 heterocycles. The van der Waals surface area contributed by atoms with E-state index in [1.54, 1.807) is 30.2 Å². The van der Waals surface area contributed by atoms with Crippen molar-refractivity contribution in [1.82, 2.24) is 20.1 Å². The van der Waals surface area contributed by atoms with Gasteiger partial charge in [0.2, 0.25) is 0 Å². The molecule has 0 saturated heterocycles. The number of anilines is 1. The van der Waals surface area contributed by atoms with Crippen LogP contribution in [0.5, 0.6) is 0 Å². The molecule has 0 atom stereocenters. The Hall–Kier alpha value is -4.17. The summed E-state index contributed by atoms with van der Waals surface area (Å²) in [6, 6.07) is 10.2. The second kappa shape index (κ2) is 13.7. The molecular weight excluding hydrogens is 547 g/mol. The van der Waals surface area contributed by atoms with Gasteiger partial charge in [0.15, 0.2) is 0 Å². The number of fused-ring (bicyclic) bond motifs is 1. The van der Waals surface area contributed by atoms with Crippen molar-refractivity contribution in [2.75, 3.05) is 18.1 Å². The van der Waals surface area contributed by atoms with Gasteiger partial charge in [-0.15, -0.1) is 10.2 Å². The van der Waals surface area contributed by atoms with E-state index in [0.717, 1.165) is 24.5 Å². The third-order valence-electron chi connectivity index (χ3n) is 7.23. The van der Waals surface area contributed by atoms with Crippen LogP contribution in [0.2, 0.25) is 0 Å². The van der Waals surface area contributed by atoms with Crippen molar-refractivity contribution in [3.8, 4) is 11.8 Å². The molecule has 3 aromatic rings. The summed E-state index contributed by atoms with van der Waals surface area (Å²) in [4.78, 5) is 26.0. The van der Waals surface area contributed by atoms with Crippen LogP contribution in [-0.2, 0) is 35.9 Å². The van der Waals surface area contributed by atoms with Gasteiger partial charge in [-0.2, -0.15) is 13.2 Å². The summed E-state index contributed by atoms with van der Waals surface area (Å²) in [5.41, 5.74) is 1.29. The Morgan fingerprint density at radius 1 is 1.17 bits per heavy atom. The molecule has 1 saturated carbocycles. The molecule has 1 aromatic heterocycles. The second-order valence-electron chi connectivity index (χ2n) is 10.6. The Bertz CT molecular complexity index is 1450. The molecular formula is C31H34F3N5O3. The molecule has 0 unspecified atom stereocenters. The minimum absolute atomic E-state index is 0.00124. The lowest BCUT2D eigenvalue weighted by molar-refractivity contribution is -0.138. The highest BCUT2D eigenvalue weighted by Gasteiger charge is 2.40. The number of aromatic nitrogens is 3. The van der Waals surface area contributed by atoms with Gasteiger partial charge in [0.1, 0.15) is 12.7 Å². The van der Waals surface area contributed by atoms with Gasteiger partial charge in [0.25, 0.3) is 11.8 Å². The Balaban J connectivity index is 0.000000600. The van der Waals surface area contributed by atoms with Crippen molar-refractivity contribution >= 4 is 17.5 Å². The maximum atomic E-state index is 13.9. The first-order valence-electron chi connectivity index (χ1n) is 13.8. The van der Waals surface area contributed by atoms with Gasteiger partial charge in [-0.3, -0.25) is 9.59 Å². The van der Waals surface area contributed by atoms with Crippen molar-refractivity contribution in [2.45, 2.75) is 58.4 Å². The smallest absolute Gasteiger partial charge is 0.377 e. The van der Waals surface area contributed by atoms with E-state index in [4.69, 9.17) is 4.74 Å². The van der Waals surface area contributed by atoms with E-state index in [-0.39, 0.29) is 42.4 Å². The number of rotatable bonds is 8. The first kappa shape index (κ1) is 30.8. The molecule has 1 aliphatic carbocycles. The number of nitrogens with zero attached hydrogens (tertiary/aromatic N) is 4. The minimum Gasteiger partial charge on any atom is -0.377 e. The van der Waals surface area contributed by atoms with Crippen molar-refractivity contribution in [2.24, 2.45) is 13.0 Å². The first-order chi connectivity index (χ1) is 20.1. The average molecular weight is 582 g/mol. The molecule has 222 valence electrons.